The highest BCUT2D eigenvalue weighted by molar-refractivity contribution is 7.99. The number of hydrogen-bond acceptors (Lipinski definition) is 5. The average Bonchev–Trinajstić information content (AvgIpc) is 2.77. The van der Waals surface area contributed by atoms with Crippen LogP contribution in [0.4, 0.5) is 0 Å². The van der Waals surface area contributed by atoms with E-state index in [-0.39, 0.29) is 0 Å². The predicted molar refractivity (Wildman–Crippen MR) is 72.8 cm³/mol. The SMILES string of the molecule is COc1ccccc1-c1nnc(SCCN)n1C. The smallest absolute Gasteiger partial charge is 0.191 e. The minimum Gasteiger partial charge on any atom is -0.496 e. The molecule has 5 nitrogen and oxygen atoms in total. The summed E-state index contributed by atoms with van der Waals surface area (Å²) in [5.74, 6) is 2.42. The van der Waals surface area contributed by atoms with Crippen LogP contribution in [0.25, 0.3) is 11.4 Å². The van der Waals surface area contributed by atoms with E-state index in [1.807, 2.05) is 35.9 Å². The minimum absolute atomic E-state index is 0.627. The molecule has 0 aliphatic carbocycles. The molecule has 96 valence electrons. The van der Waals surface area contributed by atoms with Gasteiger partial charge in [0.2, 0.25) is 0 Å². The molecule has 1 heterocycles. The number of para-hydroxylation sites is 1. The van der Waals surface area contributed by atoms with Gasteiger partial charge in [-0.05, 0) is 12.1 Å². The van der Waals surface area contributed by atoms with Crippen LogP contribution in [0.3, 0.4) is 0 Å². The van der Waals surface area contributed by atoms with E-state index in [4.69, 9.17) is 10.5 Å². The zero-order valence-electron chi connectivity index (χ0n) is 10.5. The highest BCUT2D eigenvalue weighted by Crippen LogP contribution is 2.29. The van der Waals surface area contributed by atoms with Crippen molar-refractivity contribution < 1.29 is 4.74 Å². The van der Waals surface area contributed by atoms with Gasteiger partial charge in [0.25, 0.3) is 0 Å². The Hall–Kier alpha value is -1.53. The molecule has 0 atom stereocenters. The highest BCUT2D eigenvalue weighted by atomic mass is 32.2. The molecule has 0 bridgehead atoms. The second-order valence-electron chi connectivity index (χ2n) is 3.70. The van der Waals surface area contributed by atoms with Crippen LogP contribution in [0.5, 0.6) is 5.75 Å². The second-order valence-corrected chi connectivity index (χ2v) is 4.76. The molecular weight excluding hydrogens is 248 g/mol. The molecule has 0 spiro atoms. The van der Waals surface area contributed by atoms with E-state index in [1.54, 1.807) is 18.9 Å². The van der Waals surface area contributed by atoms with Crippen LogP contribution in [0, 0.1) is 0 Å². The zero-order valence-corrected chi connectivity index (χ0v) is 11.3. The summed E-state index contributed by atoms with van der Waals surface area (Å²) in [7, 11) is 3.60. The summed E-state index contributed by atoms with van der Waals surface area (Å²) in [6.07, 6.45) is 0. The summed E-state index contributed by atoms with van der Waals surface area (Å²) in [5.41, 5.74) is 6.43. The summed E-state index contributed by atoms with van der Waals surface area (Å²) in [6.45, 7) is 0.627. The Bertz CT molecular complexity index is 527. The van der Waals surface area contributed by atoms with E-state index < -0.39 is 0 Å². The number of nitrogens with zero attached hydrogens (tertiary/aromatic N) is 3. The fraction of sp³-hybridized carbons (Fsp3) is 0.333. The first kappa shape index (κ1) is 12.9. The Balaban J connectivity index is 2.36. The maximum atomic E-state index is 5.49. The minimum atomic E-state index is 0.627. The van der Waals surface area contributed by atoms with Gasteiger partial charge in [0.05, 0.1) is 12.7 Å². The Morgan fingerprint density at radius 1 is 1.33 bits per heavy atom. The largest absolute Gasteiger partial charge is 0.496 e. The molecule has 0 saturated heterocycles. The van der Waals surface area contributed by atoms with E-state index >= 15 is 0 Å². The Labute approximate surface area is 110 Å². The van der Waals surface area contributed by atoms with Crippen molar-refractivity contribution in [1.29, 1.82) is 0 Å². The molecule has 0 radical (unpaired) electrons. The predicted octanol–water partition coefficient (Wildman–Crippen LogP) is 1.54. The first-order valence-corrected chi connectivity index (χ1v) is 6.62. The fourth-order valence-corrected chi connectivity index (χ4v) is 2.33. The molecule has 0 aliphatic rings. The van der Waals surface area contributed by atoms with Gasteiger partial charge in [0.1, 0.15) is 5.75 Å². The molecule has 18 heavy (non-hydrogen) atoms. The molecule has 1 aromatic carbocycles. The number of thioether (sulfide) groups is 1. The molecule has 2 aromatic rings. The molecule has 0 unspecified atom stereocenters. The van der Waals surface area contributed by atoms with E-state index in [0.29, 0.717) is 6.54 Å². The zero-order chi connectivity index (χ0) is 13.0. The van der Waals surface area contributed by atoms with Crippen molar-refractivity contribution in [2.75, 3.05) is 19.4 Å². The van der Waals surface area contributed by atoms with Gasteiger partial charge in [-0.15, -0.1) is 10.2 Å². The number of aromatic nitrogens is 3. The van der Waals surface area contributed by atoms with Crippen molar-refractivity contribution in [2.24, 2.45) is 12.8 Å². The molecule has 1 aromatic heterocycles. The number of ether oxygens (including phenoxy) is 1. The van der Waals surface area contributed by atoms with Crippen LogP contribution in [0.1, 0.15) is 0 Å². The third-order valence-corrected chi connectivity index (χ3v) is 3.59. The van der Waals surface area contributed by atoms with Crippen molar-refractivity contribution in [1.82, 2.24) is 14.8 Å². The Morgan fingerprint density at radius 2 is 2.11 bits per heavy atom. The maximum absolute atomic E-state index is 5.49. The van der Waals surface area contributed by atoms with Gasteiger partial charge < -0.3 is 15.0 Å². The first-order chi connectivity index (χ1) is 8.77. The maximum Gasteiger partial charge on any atom is 0.191 e. The van der Waals surface area contributed by atoms with Crippen molar-refractivity contribution in [3.05, 3.63) is 24.3 Å². The lowest BCUT2D eigenvalue weighted by molar-refractivity contribution is 0.416. The lowest BCUT2D eigenvalue weighted by Gasteiger charge is -2.07. The van der Waals surface area contributed by atoms with Gasteiger partial charge in [0.15, 0.2) is 11.0 Å². The first-order valence-electron chi connectivity index (χ1n) is 5.63. The van der Waals surface area contributed by atoms with Crippen LogP contribution < -0.4 is 10.5 Å². The lowest BCUT2D eigenvalue weighted by atomic mass is 10.2. The molecule has 6 heteroatoms. The number of benzene rings is 1. The lowest BCUT2D eigenvalue weighted by Crippen LogP contribution is -2.03. The van der Waals surface area contributed by atoms with Crippen LogP contribution >= 0.6 is 11.8 Å². The van der Waals surface area contributed by atoms with Crippen LogP contribution in [0.15, 0.2) is 29.4 Å². The van der Waals surface area contributed by atoms with E-state index in [1.165, 1.54) is 0 Å². The van der Waals surface area contributed by atoms with Crippen LogP contribution in [0.2, 0.25) is 0 Å². The van der Waals surface area contributed by atoms with Crippen molar-refractivity contribution in [3.63, 3.8) is 0 Å². The standard InChI is InChI=1S/C12H16N4OS/c1-16-11(14-15-12(16)18-8-7-13)9-5-3-4-6-10(9)17-2/h3-6H,7-8,13H2,1-2H3. The summed E-state index contributed by atoms with van der Waals surface area (Å²) < 4.78 is 7.29. The third-order valence-electron chi connectivity index (χ3n) is 2.53. The second kappa shape index (κ2) is 5.88. The number of rotatable bonds is 5. The van der Waals surface area contributed by atoms with E-state index in [0.717, 1.165) is 28.0 Å². The molecule has 2 N–H and O–H groups in total. The third kappa shape index (κ3) is 2.49. The Morgan fingerprint density at radius 3 is 2.83 bits per heavy atom. The topological polar surface area (TPSA) is 66.0 Å². The van der Waals surface area contributed by atoms with Crippen molar-refractivity contribution >= 4 is 11.8 Å². The molecular formula is C12H16N4OS. The van der Waals surface area contributed by atoms with E-state index in [9.17, 15) is 0 Å². The van der Waals surface area contributed by atoms with Gasteiger partial charge in [-0.3, -0.25) is 0 Å². The molecule has 0 amide bonds. The normalized spacial score (nSPS) is 10.6. The summed E-state index contributed by atoms with van der Waals surface area (Å²) in [5, 5.41) is 9.25. The highest BCUT2D eigenvalue weighted by Gasteiger charge is 2.14. The summed E-state index contributed by atoms with van der Waals surface area (Å²) in [6, 6.07) is 7.78. The Kier molecular flexibility index (Phi) is 4.22. The van der Waals surface area contributed by atoms with Crippen molar-refractivity contribution in [3.8, 4) is 17.1 Å². The summed E-state index contributed by atoms with van der Waals surface area (Å²) >= 11 is 1.60. The molecule has 0 aliphatic heterocycles. The van der Waals surface area contributed by atoms with Gasteiger partial charge in [-0.25, -0.2) is 0 Å². The molecule has 0 fully saturated rings. The number of methoxy groups -OCH3 is 1. The average molecular weight is 264 g/mol. The number of nitrogens with two attached hydrogens (primary N) is 1. The van der Waals surface area contributed by atoms with E-state index in [2.05, 4.69) is 10.2 Å². The fourth-order valence-electron chi connectivity index (χ4n) is 1.65. The van der Waals surface area contributed by atoms with Crippen molar-refractivity contribution in [2.45, 2.75) is 5.16 Å². The summed E-state index contributed by atoms with van der Waals surface area (Å²) in [4.78, 5) is 0. The molecule has 0 saturated carbocycles. The van der Waals surface area contributed by atoms with Gasteiger partial charge in [0, 0.05) is 19.3 Å². The number of hydrogen-bond donors (Lipinski definition) is 1. The van der Waals surface area contributed by atoms with Gasteiger partial charge in [-0.2, -0.15) is 0 Å². The van der Waals surface area contributed by atoms with Crippen LogP contribution in [-0.2, 0) is 7.05 Å². The van der Waals surface area contributed by atoms with Crippen LogP contribution in [-0.4, -0.2) is 34.2 Å². The quantitative estimate of drug-likeness (QED) is 0.830. The van der Waals surface area contributed by atoms with Gasteiger partial charge in [-0.1, -0.05) is 23.9 Å². The van der Waals surface area contributed by atoms with Gasteiger partial charge >= 0.3 is 0 Å². The molecule has 2 rings (SSSR count). The monoisotopic (exact) mass is 264 g/mol.